The van der Waals surface area contributed by atoms with Gasteiger partial charge in [-0.3, -0.25) is 4.79 Å². The van der Waals surface area contributed by atoms with Crippen LogP contribution in [0, 0.1) is 6.92 Å². The lowest BCUT2D eigenvalue weighted by atomic mass is 10.1. The van der Waals surface area contributed by atoms with Gasteiger partial charge in [-0.05, 0) is 32.3 Å². The molecule has 0 aliphatic carbocycles. The SMILES string of the molecule is Cc1cc(CCC(N)=O)nc([C@@H]2CCCN2S(C)(=O)=O)n1. The van der Waals surface area contributed by atoms with Crippen LogP contribution in [0.1, 0.15) is 42.5 Å². The average molecular weight is 312 g/mol. The fraction of sp³-hybridized carbons (Fsp3) is 0.615. The van der Waals surface area contributed by atoms with Crippen molar-refractivity contribution in [3.05, 3.63) is 23.3 Å². The predicted molar refractivity (Wildman–Crippen MR) is 77.8 cm³/mol. The van der Waals surface area contributed by atoms with E-state index >= 15 is 0 Å². The fourth-order valence-corrected chi connectivity index (χ4v) is 3.70. The number of aryl methyl sites for hydroxylation is 2. The third kappa shape index (κ3) is 3.98. The molecule has 1 aliphatic heterocycles. The topological polar surface area (TPSA) is 106 Å². The summed E-state index contributed by atoms with van der Waals surface area (Å²) in [6, 6.07) is 1.49. The minimum Gasteiger partial charge on any atom is -0.370 e. The molecule has 0 aromatic carbocycles. The minimum absolute atomic E-state index is 0.219. The predicted octanol–water partition coefficient (Wildman–Crippen LogP) is 0.299. The molecule has 1 aromatic heterocycles. The summed E-state index contributed by atoms with van der Waals surface area (Å²) in [4.78, 5) is 19.7. The molecule has 1 amide bonds. The van der Waals surface area contributed by atoms with Crippen LogP contribution in [0.15, 0.2) is 6.07 Å². The van der Waals surface area contributed by atoms with Gasteiger partial charge < -0.3 is 5.73 Å². The van der Waals surface area contributed by atoms with Gasteiger partial charge in [0.05, 0.1) is 12.3 Å². The molecule has 0 bridgehead atoms. The number of aromatic nitrogens is 2. The lowest BCUT2D eigenvalue weighted by Crippen LogP contribution is -2.30. The summed E-state index contributed by atoms with van der Waals surface area (Å²) in [7, 11) is -3.27. The molecule has 8 heteroatoms. The number of carbonyl (C=O) groups is 1. The lowest BCUT2D eigenvalue weighted by Gasteiger charge is -2.21. The minimum atomic E-state index is -3.27. The van der Waals surface area contributed by atoms with Crippen molar-refractivity contribution < 1.29 is 13.2 Å². The molecule has 0 radical (unpaired) electrons. The Bertz CT molecular complexity index is 645. The zero-order valence-electron chi connectivity index (χ0n) is 12.2. The van der Waals surface area contributed by atoms with Crippen molar-refractivity contribution in [1.29, 1.82) is 0 Å². The molecule has 1 atom stereocenters. The molecule has 2 heterocycles. The second kappa shape index (κ2) is 6.07. The molecule has 1 aromatic rings. The third-order valence-electron chi connectivity index (χ3n) is 3.48. The van der Waals surface area contributed by atoms with Crippen molar-refractivity contribution in [2.24, 2.45) is 5.73 Å². The number of nitrogens with two attached hydrogens (primary N) is 1. The Balaban J connectivity index is 2.28. The van der Waals surface area contributed by atoms with Gasteiger partial charge in [0.25, 0.3) is 0 Å². The monoisotopic (exact) mass is 312 g/mol. The highest BCUT2D eigenvalue weighted by Crippen LogP contribution is 2.32. The van der Waals surface area contributed by atoms with Crippen molar-refractivity contribution in [3.63, 3.8) is 0 Å². The Morgan fingerprint density at radius 1 is 1.48 bits per heavy atom. The van der Waals surface area contributed by atoms with Crippen LogP contribution in [0.25, 0.3) is 0 Å². The first-order valence-electron chi connectivity index (χ1n) is 6.87. The molecular formula is C13H20N4O3S. The first kappa shape index (κ1) is 15.8. The second-order valence-electron chi connectivity index (χ2n) is 5.36. The highest BCUT2D eigenvalue weighted by atomic mass is 32.2. The quantitative estimate of drug-likeness (QED) is 0.841. The lowest BCUT2D eigenvalue weighted by molar-refractivity contribution is -0.118. The molecular weight excluding hydrogens is 292 g/mol. The normalized spacial score (nSPS) is 19.8. The summed E-state index contributed by atoms with van der Waals surface area (Å²) in [5.74, 6) is 0.129. The summed E-state index contributed by atoms with van der Waals surface area (Å²) in [5, 5.41) is 0. The van der Waals surface area contributed by atoms with Gasteiger partial charge in [-0.2, -0.15) is 4.31 Å². The number of rotatable bonds is 5. The van der Waals surface area contributed by atoms with Crippen LogP contribution in [0.3, 0.4) is 0 Å². The summed E-state index contributed by atoms with van der Waals surface area (Å²) >= 11 is 0. The van der Waals surface area contributed by atoms with Gasteiger partial charge in [0, 0.05) is 24.4 Å². The largest absolute Gasteiger partial charge is 0.370 e. The van der Waals surface area contributed by atoms with Crippen LogP contribution in [-0.2, 0) is 21.2 Å². The molecule has 7 nitrogen and oxygen atoms in total. The maximum Gasteiger partial charge on any atom is 0.217 e. The van der Waals surface area contributed by atoms with E-state index in [2.05, 4.69) is 9.97 Å². The molecule has 1 aliphatic rings. The van der Waals surface area contributed by atoms with Crippen LogP contribution in [-0.4, -0.2) is 41.4 Å². The molecule has 21 heavy (non-hydrogen) atoms. The van der Waals surface area contributed by atoms with Gasteiger partial charge >= 0.3 is 0 Å². The van der Waals surface area contributed by atoms with Crippen LogP contribution in [0.2, 0.25) is 0 Å². The first-order chi connectivity index (χ1) is 9.77. The Labute approximate surface area is 124 Å². The zero-order chi connectivity index (χ0) is 15.6. The molecule has 0 saturated carbocycles. The van der Waals surface area contributed by atoms with Crippen LogP contribution in [0.4, 0.5) is 0 Å². The van der Waals surface area contributed by atoms with E-state index < -0.39 is 10.0 Å². The zero-order valence-corrected chi connectivity index (χ0v) is 13.1. The van der Waals surface area contributed by atoms with E-state index in [-0.39, 0.29) is 18.4 Å². The van der Waals surface area contributed by atoms with Gasteiger partial charge in [-0.1, -0.05) is 0 Å². The second-order valence-corrected chi connectivity index (χ2v) is 7.29. The smallest absolute Gasteiger partial charge is 0.217 e. The Morgan fingerprint density at radius 3 is 2.81 bits per heavy atom. The fourth-order valence-electron chi connectivity index (χ4n) is 2.58. The summed E-state index contributed by atoms with van der Waals surface area (Å²) in [5.41, 5.74) is 6.63. The maximum atomic E-state index is 11.8. The summed E-state index contributed by atoms with van der Waals surface area (Å²) in [6.07, 6.45) is 3.38. The summed E-state index contributed by atoms with van der Waals surface area (Å²) < 4.78 is 25.1. The van der Waals surface area contributed by atoms with Gasteiger partial charge in [-0.15, -0.1) is 0 Å². The highest BCUT2D eigenvalue weighted by Gasteiger charge is 2.34. The van der Waals surface area contributed by atoms with E-state index in [0.717, 1.165) is 17.8 Å². The van der Waals surface area contributed by atoms with Gasteiger partial charge in [0.1, 0.15) is 5.82 Å². The number of carbonyl (C=O) groups excluding carboxylic acids is 1. The first-order valence-corrected chi connectivity index (χ1v) is 8.72. The van der Waals surface area contributed by atoms with Crippen molar-refractivity contribution in [2.45, 2.75) is 38.6 Å². The molecule has 2 N–H and O–H groups in total. The molecule has 2 rings (SSSR count). The van der Waals surface area contributed by atoms with E-state index in [0.29, 0.717) is 25.2 Å². The van der Waals surface area contributed by atoms with Crippen LogP contribution >= 0.6 is 0 Å². The Morgan fingerprint density at radius 2 is 2.19 bits per heavy atom. The third-order valence-corrected chi connectivity index (χ3v) is 4.77. The van der Waals surface area contributed by atoms with Crippen LogP contribution < -0.4 is 5.73 Å². The number of sulfonamides is 1. The Kier molecular flexibility index (Phi) is 4.58. The van der Waals surface area contributed by atoms with Crippen molar-refractivity contribution in [1.82, 2.24) is 14.3 Å². The van der Waals surface area contributed by atoms with E-state index in [1.54, 1.807) is 6.07 Å². The number of nitrogens with zero attached hydrogens (tertiary/aromatic N) is 3. The molecule has 0 spiro atoms. The van der Waals surface area contributed by atoms with Crippen molar-refractivity contribution >= 4 is 15.9 Å². The molecule has 1 fully saturated rings. The highest BCUT2D eigenvalue weighted by molar-refractivity contribution is 7.88. The number of hydrogen-bond donors (Lipinski definition) is 1. The van der Waals surface area contributed by atoms with Gasteiger partial charge in [0.15, 0.2) is 0 Å². The van der Waals surface area contributed by atoms with Gasteiger partial charge in [-0.25, -0.2) is 18.4 Å². The summed E-state index contributed by atoms with van der Waals surface area (Å²) in [6.45, 7) is 2.33. The molecule has 0 unspecified atom stereocenters. The van der Waals surface area contributed by atoms with Crippen LogP contribution in [0.5, 0.6) is 0 Å². The average Bonchev–Trinajstić information content (AvgIpc) is 2.84. The number of amides is 1. The molecule has 1 saturated heterocycles. The van der Waals surface area contributed by atoms with E-state index in [1.807, 2.05) is 6.92 Å². The van der Waals surface area contributed by atoms with Crippen molar-refractivity contribution in [3.8, 4) is 0 Å². The van der Waals surface area contributed by atoms with E-state index in [1.165, 1.54) is 10.6 Å². The van der Waals surface area contributed by atoms with Crippen molar-refractivity contribution in [2.75, 3.05) is 12.8 Å². The standard InChI is InChI=1S/C13H20N4O3S/c1-9-8-10(5-6-12(14)18)16-13(15-9)11-4-3-7-17(11)21(2,19)20/h8,11H,3-7H2,1-2H3,(H2,14,18)/t11-/m0/s1. The Hall–Kier alpha value is -1.54. The van der Waals surface area contributed by atoms with Gasteiger partial charge in [0.2, 0.25) is 15.9 Å². The van der Waals surface area contributed by atoms with E-state index in [4.69, 9.17) is 5.73 Å². The molecule has 116 valence electrons. The number of hydrogen-bond acceptors (Lipinski definition) is 5. The number of primary amides is 1. The maximum absolute atomic E-state index is 11.8. The van der Waals surface area contributed by atoms with E-state index in [9.17, 15) is 13.2 Å².